The van der Waals surface area contributed by atoms with Crippen LogP contribution in [-0.4, -0.2) is 15.5 Å². The van der Waals surface area contributed by atoms with Gasteiger partial charge in [-0.25, -0.2) is 0 Å². The molecule has 2 heterocycles. The van der Waals surface area contributed by atoms with Crippen LogP contribution in [0.25, 0.3) is 0 Å². The Morgan fingerprint density at radius 2 is 2.18 bits per heavy atom. The molecule has 0 bridgehead atoms. The van der Waals surface area contributed by atoms with E-state index in [1.54, 1.807) is 31.5 Å². The molecule has 0 aliphatic carbocycles. The molecule has 0 unspecified atom stereocenters. The molecular formula is C12H11NO3S. The van der Waals surface area contributed by atoms with Crippen LogP contribution < -0.4 is 5.56 Å². The summed E-state index contributed by atoms with van der Waals surface area (Å²) in [5.74, 6) is -0.692. The summed E-state index contributed by atoms with van der Waals surface area (Å²) in [6, 6.07) is 4.78. The predicted molar refractivity (Wildman–Crippen MR) is 65.8 cm³/mol. The van der Waals surface area contributed by atoms with E-state index in [1.165, 1.54) is 22.0 Å². The number of hydrogen-bond acceptors (Lipinski definition) is 4. The Morgan fingerprint density at radius 3 is 2.76 bits per heavy atom. The van der Waals surface area contributed by atoms with Gasteiger partial charge in [0.2, 0.25) is 5.78 Å². The Kier molecular flexibility index (Phi) is 2.85. The van der Waals surface area contributed by atoms with E-state index < -0.39 is 11.3 Å². The molecule has 0 spiro atoms. The normalized spacial score (nSPS) is 10.5. The predicted octanol–water partition coefficient (Wildman–Crippen LogP) is 1.69. The maximum atomic E-state index is 12.0. The van der Waals surface area contributed by atoms with Crippen LogP contribution >= 0.6 is 11.3 Å². The molecule has 1 N–H and O–H groups in total. The van der Waals surface area contributed by atoms with E-state index in [0.29, 0.717) is 10.6 Å². The van der Waals surface area contributed by atoms with E-state index in [0.717, 1.165) is 0 Å². The lowest BCUT2D eigenvalue weighted by molar-refractivity contribution is 0.103. The smallest absolute Gasteiger partial charge is 0.265 e. The van der Waals surface area contributed by atoms with E-state index in [9.17, 15) is 14.7 Å². The lowest BCUT2D eigenvalue weighted by Crippen LogP contribution is -2.25. The van der Waals surface area contributed by atoms with E-state index in [2.05, 4.69) is 0 Å². The monoisotopic (exact) mass is 249 g/mol. The molecule has 5 heteroatoms. The first-order valence-electron chi connectivity index (χ1n) is 5.00. The summed E-state index contributed by atoms with van der Waals surface area (Å²) in [5, 5.41) is 11.5. The summed E-state index contributed by atoms with van der Waals surface area (Å²) in [5.41, 5.74) is -0.0309. The van der Waals surface area contributed by atoms with Gasteiger partial charge in [-0.15, -0.1) is 11.3 Å². The second kappa shape index (κ2) is 4.18. The quantitative estimate of drug-likeness (QED) is 0.824. The molecule has 2 aromatic heterocycles. The van der Waals surface area contributed by atoms with Crippen molar-refractivity contribution in [2.75, 3.05) is 0 Å². The lowest BCUT2D eigenvalue weighted by atomic mass is 10.1. The number of carbonyl (C=O) groups is 1. The number of carbonyl (C=O) groups excluding carboxylic acids is 1. The molecule has 0 fully saturated rings. The van der Waals surface area contributed by atoms with E-state index in [-0.39, 0.29) is 11.3 Å². The minimum absolute atomic E-state index is 0.166. The summed E-state index contributed by atoms with van der Waals surface area (Å²) in [4.78, 5) is 24.4. The largest absolute Gasteiger partial charge is 0.507 e. The van der Waals surface area contributed by atoms with Crippen LogP contribution in [0.1, 0.15) is 20.9 Å². The summed E-state index contributed by atoms with van der Waals surface area (Å²) >= 11 is 1.24. The van der Waals surface area contributed by atoms with E-state index in [4.69, 9.17) is 0 Å². The average Bonchev–Trinajstić information content (AvgIpc) is 2.79. The number of pyridine rings is 1. The standard InChI is InChI=1S/C12H11NO3S/c1-7-6-8(14)10(12(16)13(7)2)11(15)9-4-3-5-17-9/h3-6,14H,1-2H3. The Labute approximate surface area is 102 Å². The fourth-order valence-corrected chi connectivity index (χ4v) is 2.22. The Morgan fingerprint density at radius 1 is 1.47 bits per heavy atom. The number of aromatic hydroxyl groups is 1. The van der Waals surface area contributed by atoms with Crippen molar-refractivity contribution in [1.29, 1.82) is 0 Å². The number of aromatic nitrogens is 1. The molecule has 0 atom stereocenters. The van der Waals surface area contributed by atoms with Crippen molar-refractivity contribution in [3.63, 3.8) is 0 Å². The van der Waals surface area contributed by atoms with Crippen molar-refractivity contribution in [3.8, 4) is 5.75 Å². The number of ketones is 1. The van der Waals surface area contributed by atoms with Crippen molar-refractivity contribution in [2.45, 2.75) is 6.92 Å². The van der Waals surface area contributed by atoms with Crippen LogP contribution in [-0.2, 0) is 7.05 Å². The van der Waals surface area contributed by atoms with Gasteiger partial charge in [-0.1, -0.05) is 6.07 Å². The molecule has 4 nitrogen and oxygen atoms in total. The van der Waals surface area contributed by atoms with Gasteiger partial charge < -0.3 is 9.67 Å². The maximum Gasteiger partial charge on any atom is 0.265 e. The van der Waals surface area contributed by atoms with Crippen LogP contribution in [0.4, 0.5) is 0 Å². The molecule has 2 rings (SSSR count). The molecule has 0 saturated carbocycles. The number of rotatable bonds is 2. The van der Waals surface area contributed by atoms with Gasteiger partial charge in [0, 0.05) is 18.8 Å². The molecule has 88 valence electrons. The Bertz CT molecular complexity index is 626. The topological polar surface area (TPSA) is 59.3 Å². The van der Waals surface area contributed by atoms with Gasteiger partial charge in [-0.2, -0.15) is 0 Å². The summed E-state index contributed by atoms with van der Waals surface area (Å²) in [6.07, 6.45) is 0. The van der Waals surface area contributed by atoms with Crippen molar-refractivity contribution in [3.05, 3.63) is 50.1 Å². The van der Waals surface area contributed by atoms with Gasteiger partial charge in [0.25, 0.3) is 5.56 Å². The first-order valence-corrected chi connectivity index (χ1v) is 5.88. The van der Waals surface area contributed by atoms with Crippen molar-refractivity contribution >= 4 is 17.1 Å². The second-order valence-corrected chi connectivity index (χ2v) is 4.66. The number of hydrogen-bond donors (Lipinski definition) is 1. The van der Waals surface area contributed by atoms with Crippen LogP contribution in [0.15, 0.2) is 28.4 Å². The zero-order chi connectivity index (χ0) is 12.6. The van der Waals surface area contributed by atoms with Gasteiger partial charge in [0.05, 0.1) is 4.88 Å². The van der Waals surface area contributed by atoms with Gasteiger partial charge in [0.15, 0.2) is 0 Å². The molecule has 2 aromatic rings. The third kappa shape index (κ3) is 1.89. The third-order valence-electron chi connectivity index (χ3n) is 2.62. The first-order chi connectivity index (χ1) is 8.02. The highest BCUT2D eigenvalue weighted by atomic mass is 32.1. The molecule has 0 saturated heterocycles. The van der Waals surface area contributed by atoms with Crippen LogP contribution in [0, 0.1) is 6.92 Å². The molecular weight excluding hydrogens is 238 g/mol. The van der Waals surface area contributed by atoms with Gasteiger partial charge in [-0.3, -0.25) is 9.59 Å². The Balaban J connectivity index is 2.65. The first kappa shape index (κ1) is 11.6. The molecule has 0 radical (unpaired) electrons. The van der Waals surface area contributed by atoms with E-state index >= 15 is 0 Å². The molecule has 0 aromatic carbocycles. The number of thiophene rings is 1. The highest BCUT2D eigenvalue weighted by molar-refractivity contribution is 7.12. The minimum atomic E-state index is -0.471. The molecule has 0 aliphatic rings. The van der Waals surface area contributed by atoms with Crippen LogP contribution in [0.3, 0.4) is 0 Å². The van der Waals surface area contributed by atoms with Crippen molar-refractivity contribution in [1.82, 2.24) is 4.57 Å². The summed E-state index contributed by atoms with van der Waals surface area (Å²) in [7, 11) is 1.57. The third-order valence-corrected chi connectivity index (χ3v) is 3.49. The van der Waals surface area contributed by atoms with Crippen LogP contribution in [0.5, 0.6) is 5.75 Å². The van der Waals surface area contributed by atoms with Gasteiger partial charge in [0.1, 0.15) is 11.3 Å². The fourth-order valence-electron chi connectivity index (χ4n) is 1.55. The zero-order valence-electron chi connectivity index (χ0n) is 9.43. The summed E-state index contributed by atoms with van der Waals surface area (Å²) < 4.78 is 1.35. The van der Waals surface area contributed by atoms with E-state index in [1.807, 2.05) is 0 Å². The molecule has 0 amide bonds. The van der Waals surface area contributed by atoms with Crippen molar-refractivity contribution in [2.24, 2.45) is 7.05 Å². The Hall–Kier alpha value is -1.88. The zero-order valence-corrected chi connectivity index (χ0v) is 10.2. The highest BCUT2D eigenvalue weighted by Gasteiger charge is 2.20. The van der Waals surface area contributed by atoms with Crippen molar-refractivity contribution < 1.29 is 9.90 Å². The molecule has 17 heavy (non-hydrogen) atoms. The number of nitrogens with zero attached hydrogens (tertiary/aromatic N) is 1. The lowest BCUT2D eigenvalue weighted by Gasteiger charge is -2.07. The highest BCUT2D eigenvalue weighted by Crippen LogP contribution is 2.20. The second-order valence-electron chi connectivity index (χ2n) is 3.72. The van der Waals surface area contributed by atoms with Gasteiger partial charge in [-0.05, 0) is 18.4 Å². The van der Waals surface area contributed by atoms with Crippen LogP contribution in [0.2, 0.25) is 0 Å². The average molecular weight is 249 g/mol. The summed E-state index contributed by atoms with van der Waals surface area (Å²) in [6.45, 7) is 1.69. The maximum absolute atomic E-state index is 12.0. The molecule has 0 aliphatic heterocycles. The minimum Gasteiger partial charge on any atom is -0.507 e. The fraction of sp³-hybridized carbons (Fsp3) is 0.167. The SMILES string of the molecule is Cc1cc(O)c(C(=O)c2cccs2)c(=O)n1C. The number of aryl methyl sites for hydroxylation is 1. The van der Waals surface area contributed by atoms with Gasteiger partial charge >= 0.3 is 0 Å².